The largest absolute Gasteiger partial charge is 0.310 e. The lowest BCUT2D eigenvalue weighted by atomic mass is 10.2. The Balaban J connectivity index is 1.94. The van der Waals surface area contributed by atoms with E-state index in [2.05, 4.69) is 26.5 Å². The summed E-state index contributed by atoms with van der Waals surface area (Å²) in [4.78, 5) is 0. The van der Waals surface area contributed by atoms with Gasteiger partial charge in [0.05, 0.1) is 0 Å². The molecule has 21 heavy (non-hydrogen) atoms. The fourth-order valence-corrected chi connectivity index (χ4v) is 3.80. The van der Waals surface area contributed by atoms with E-state index < -0.39 is 10.0 Å². The van der Waals surface area contributed by atoms with Gasteiger partial charge in [-0.3, -0.25) is 5.10 Å². The topological polar surface area (TPSA) is 86.9 Å². The molecule has 8 heteroatoms. The van der Waals surface area contributed by atoms with Crippen LogP contribution in [0.1, 0.15) is 36.9 Å². The van der Waals surface area contributed by atoms with E-state index >= 15 is 0 Å². The molecular formula is C13H24N4O2S2. The van der Waals surface area contributed by atoms with Gasteiger partial charge in [-0.15, -0.1) is 0 Å². The molecule has 120 valence electrons. The molecule has 0 bridgehead atoms. The Hall–Kier alpha value is -0.570. The Morgan fingerprint density at radius 2 is 2.14 bits per heavy atom. The molecule has 0 unspecified atom stereocenters. The number of unbranched alkanes of at least 4 members (excludes halogenated alkanes) is 1. The minimum Gasteiger partial charge on any atom is -0.310 e. The van der Waals surface area contributed by atoms with Crippen LogP contribution < -0.4 is 10.0 Å². The van der Waals surface area contributed by atoms with Crippen molar-refractivity contribution in [3.05, 3.63) is 11.3 Å². The fourth-order valence-electron chi connectivity index (χ4n) is 2.04. The summed E-state index contributed by atoms with van der Waals surface area (Å²) in [6, 6.07) is 0.536. The summed E-state index contributed by atoms with van der Waals surface area (Å²) < 4.78 is 27.3. The first-order valence-corrected chi connectivity index (χ1v) is 10.2. The van der Waals surface area contributed by atoms with Crippen molar-refractivity contribution in [3.8, 4) is 0 Å². The molecule has 3 N–H and O–H groups in total. The quantitative estimate of drug-likeness (QED) is 0.564. The molecule has 0 radical (unpaired) electrons. The molecule has 1 heterocycles. The van der Waals surface area contributed by atoms with Crippen LogP contribution in [0.5, 0.6) is 0 Å². The highest BCUT2D eigenvalue weighted by Crippen LogP contribution is 2.21. The fraction of sp³-hybridized carbons (Fsp3) is 0.769. The van der Waals surface area contributed by atoms with Crippen LogP contribution in [-0.2, 0) is 16.6 Å². The maximum absolute atomic E-state index is 12.3. The number of aromatic nitrogens is 2. The summed E-state index contributed by atoms with van der Waals surface area (Å²) in [7, 11) is -3.52. The standard InChI is InChI=1S/C13H24N4O2S2/c1-10-12(9-14-11-5-6-11)13(17-16-10)21(18,19)15-7-3-4-8-20-2/h11,14-15H,3-9H2,1-2H3,(H,16,17). The number of thioether (sulfide) groups is 1. The third-order valence-corrected chi connectivity index (χ3v) is 5.63. The van der Waals surface area contributed by atoms with Gasteiger partial charge in [0.25, 0.3) is 10.0 Å². The Kier molecular flexibility index (Phi) is 6.09. The van der Waals surface area contributed by atoms with Crippen molar-refractivity contribution < 1.29 is 8.42 Å². The first kappa shape index (κ1) is 16.8. The summed E-state index contributed by atoms with van der Waals surface area (Å²) in [6.45, 7) is 2.87. The molecule has 0 spiro atoms. The van der Waals surface area contributed by atoms with E-state index in [0.29, 0.717) is 19.1 Å². The Morgan fingerprint density at radius 1 is 1.38 bits per heavy atom. The van der Waals surface area contributed by atoms with E-state index in [0.717, 1.165) is 29.9 Å². The van der Waals surface area contributed by atoms with Crippen LogP contribution in [0.4, 0.5) is 0 Å². The molecular weight excluding hydrogens is 308 g/mol. The van der Waals surface area contributed by atoms with Crippen LogP contribution >= 0.6 is 11.8 Å². The highest BCUT2D eigenvalue weighted by atomic mass is 32.2. The lowest BCUT2D eigenvalue weighted by Crippen LogP contribution is -2.27. The number of H-pyrrole nitrogens is 1. The van der Waals surface area contributed by atoms with Crippen molar-refractivity contribution in [3.63, 3.8) is 0 Å². The van der Waals surface area contributed by atoms with Gasteiger partial charge < -0.3 is 5.32 Å². The maximum atomic E-state index is 12.3. The number of hydrogen-bond acceptors (Lipinski definition) is 5. The number of aryl methyl sites for hydroxylation is 1. The molecule has 0 amide bonds. The Morgan fingerprint density at radius 3 is 2.81 bits per heavy atom. The monoisotopic (exact) mass is 332 g/mol. The van der Waals surface area contributed by atoms with Gasteiger partial charge in [0.15, 0.2) is 5.03 Å². The highest BCUT2D eigenvalue weighted by molar-refractivity contribution is 7.98. The second-order valence-corrected chi connectivity index (χ2v) is 8.05. The van der Waals surface area contributed by atoms with Crippen LogP contribution in [0, 0.1) is 6.92 Å². The average Bonchev–Trinajstić information content (AvgIpc) is 3.19. The SMILES string of the molecule is CSCCCCNS(=O)(=O)c1n[nH]c(C)c1CNC1CC1. The van der Waals surface area contributed by atoms with Crippen molar-refractivity contribution in [1.82, 2.24) is 20.2 Å². The van der Waals surface area contributed by atoms with Gasteiger partial charge in [-0.25, -0.2) is 13.1 Å². The van der Waals surface area contributed by atoms with Crippen molar-refractivity contribution in [2.24, 2.45) is 0 Å². The van der Waals surface area contributed by atoms with Crippen LogP contribution in [-0.4, -0.2) is 43.2 Å². The molecule has 1 aliphatic carbocycles. The van der Waals surface area contributed by atoms with E-state index in [1.54, 1.807) is 11.8 Å². The van der Waals surface area contributed by atoms with Gasteiger partial charge in [0.1, 0.15) is 0 Å². The zero-order valence-electron chi connectivity index (χ0n) is 12.6. The normalized spacial score (nSPS) is 15.5. The predicted molar refractivity (Wildman–Crippen MR) is 86.0 cm³/mol. The first-order chi connectivity index (χ1) is 10.0. The predicted octanol–water partition coefficient (Wildman–Crippen LogP) is 1.39. The summed E-state index contributed by atoms with van der Waals surface area (Å²) in [6.07, 6.45) is 6.26. The molecule has 1 aromatic rings. The molecule has 0 aromatic carbocycles. The maximum Gasteiger partial charge on any atom is 0.260 e. The third kappa shape index (κ3) is 4.98. The van der Waals surface area contributed by atoms with E-state index in [1.165, 1.54) is 12.8 Å². The van der Waals surface area contributed by atoms with Gasteiger partial charge in [-0.2, -0.15) is 16.9 Å². The molecule has 1 aliphatic rings. The second-order valence-electron chi connectivity index (χ2n) is 5.39. The third-order valence-electron chi connectivity index (χ3n) is 3.50. The molecule has 1 saturated carbocycles. The van der Waals surface area contributed by atoms with E-state index in [4.69, 9.17) is 0 Å². The average molecular weight is 332 g/mol. The molecule has 1 fully saturated rings. The van der Waals surface area contributed by atoms with Crippen LogP contribution in [0.25, 0.3) is 0 Å². The smallest absolute Gasteiger partial charge is 0.260 e. The zero-order chi connectivity index (χ0) is 15.3. The van der Waals surface area contributed by atoms with Gasteiger partial charge >= 0.3 is 0 Å². The number of hydrogen-bond donors (Lipinski definition) is 3. The van der Waals surface area contributed by atoms with Crippen molar-refractivity contribution in [2.45, 2.75) is 50.2 Å². The molecule has 0 aliphatic heterocycles. The number of sulfonamides is 1. The number of nitrogens with zero attached hydrogens (tertiary/aromatic N) is 1. The van der Waals surface area contributed by atoms with Crippen LogP contribution in [0.2, 0.25) is 0 Å². The summed E-state index contributed by atoms with van der Waals surface area (Å²) >= 11 is 1.77. The van der Waals surface area contributed by atoms with Gasteiger partial charge in [0.2, 0.25) is 0 Å². The van der Waals surface area contributed by atoms with Crippen molar-refractivity contribution in [2.75, 3.05) is 18.6 Å². The van der Waals surface area contributed by atoms with Gasteiger partial charge in [0, 0.05) is 30.4 Å². The van der Waals surface area contributed by atoms with E-state index in [1.807, 2.05) is 6.92 Å². The summed E-state index contributed by atoms with van der Waals surface area (Å²) in [5.41, 5.74) is 1.56. The van der Waals surface area contributed by atoms with Gasteiger partial charge in [-0.1, -0.05) is 0 Å². The zero-order valence-corrected chi connectivity index (χ0v) is 14.2. The minimum absolute atomic E-state index is 0.137. The first-order valence-electron chi connectivity index (χ1n) is 7.30. The molecule has 0 saturated heterocycles. The highest BCUT2D eigenvalue weighted by Gasteiger charge is 2.26. The van der Waals surface area contributed by atoms with Crippen molar-refractivity contribution >= 4 is 21.8 Å². The van der Waals surface area contributed by atoms with Crippen LogP contribution in [0.15, 0.2) is 5.03 Å². The number of rotatable bonds is 10. The lowest BCUT2D eigenvalue weighted by Gasteiger charge is -2.08. The van der Waals surface area contributed by atoms with E-state index in [9.17, 15) is 8.42 Å². The summed E-state index contributed by atoms with van der Waals surface area (Å²) in [5.74, 6) is 1.06. The second kappa shape index (κ2) is 7.62. The Labute approximate surface area is 130 Å². The molecule has 0 atom stereocenters. The summed E-state index contributed by atoms with van der Waals surface area (Å²) in [5, 5.41) is 10.2. The number of aromatic amines is 1. The number of nitrogens with one attached hydrogen (secondary N) is 3. The Bertz CT molecular complexity index is 553. The molecule has 1 aromatic heterocycles. The van der Waals surface area contributed by atoms with Crippen LogP contribution in [0.3, 0.4) is 0 Å². The molecule has 6 nitrogen and oxygen atoms in total. The molecule has 2 rings (SSSR count). The van der Waals surface area contributed by atoms with Gasteiger partial charge in [-0.05, 0) is 44.6 Å². The lowest BCUT2D eigenvalue weighted by molar-refractivity contribution is 0.571. The van der Waals surface area contributed by atoms with E-state index in [-0.39, 0.29) is 5.03 Å². The minimum atomic E-state index is -3.52. The van der Waals surface area contributed by atoms with Crippen molar-refractivity contribution in [1.29, 1.82) is 0 Å².